The van der Waals surface area contributed by atoms with Crippen molar-refractivity contribution < 1.29 is 9.53 Å². The Balaban J connectivity index is 1.71. The van der Waals surface area contributed by atoms with E-state index in [9.17, 15) is 4.79 Å². The number of amides is 1. The second kappa shape index (κ2) is 8.06. The van der Waals surface area contributed by atoms with E-state index in [-0.39, 0.29) is 6.09 Å². The largest absolute Gasteiger partial charge is 0.444 e. The molecule has 1 atom stereocenters. The second-order valence-electron chi connectivity index (χ2n) is 8.08. The molecule has 7 heteroatoms. The van der Waals surface area contributed by atoms with E-state index in [1.807, 2.05) is 42.7 Å². The van der Waals surface area contributed by atoms with Crippen LogP contribution in [-0.2, 0) is 17.7 Å². The van der Waals surface area contributed by atoms with Crippen molar-refractivity contribution in [1.29, 1.82) is 0 Å². The Bertz CT molecular complexity index is 781. The second-order valence-corrected chi connectivity index (χ2v) is 8.08. The first-order valence-corrected chi connectivity index (χ1v) is 9.66. The van der Waals surface area contributed by atoms with Gasteiger partial charge in [-0.3, -0.25) is 14.6 Å². The highest BCUT2D eigenvalue weighted by Crippen LogP contribution is 2.26. The van der Waals surface area contributed by atoms with Gasteiger partial charge in [-0.1, -0.05) is 0 Å². The molecule has 2 aromatic heterocycles. The number of aryl methyl sites for hydroxylation is 1. The van der Waals surface area contributed by atoms with Gasteiger partial charge in [0.1, 0.15) is 5.60 Å². The van der Waals surface area contributed by atoms with Gasteiger partial charge in [0.25, 0.3) is 0 Å². The van der Waals surface area contributed by atoms with E-state index in [1.165, 1.54) is 0 Å². The van der Waals surface area contributed by atoms with Crippen molar-refractivity contribution >= 4 is 6.09 Å². The maximum Gasteiger partial charge on any atom is 0.410 e. The van der Waals surface area contributed by atoms with E-state index in [0.29, 0.717) is 12.5 Å². The number of carbonyl (C=O) groups is 1. The Morgan fingerprint density at radius 2 is 2.07 bits per heavy atom. The van der Waals surface area contributed by atoms with E-state index >= 15 is 0 Å². The molecule has 1 aliphatic heterocycles. The lowest BCUT2D eigenvalue weighted by molar-refractivity contribution is 0.0165. The maximum atomic E-state index is 12.4. The van der Waals surface area contributed by atoms with E-state index in [1.54, 1.807) is 12.4 Å². The summed E-state index contributed by atoms with van der Waals surface area (Å²) in [6.07, 6.45) is 9.91. The first-order valence-electron chi connectivity index (χ1n) is 9.66. The molecule has 146 valence electrons. The van der Waals surface area contributed by atoms with Gasteiger partial charge in [-0.25, -0.2) is 4.79 Å². The molecule has 0 N–H and O–H groups in total. The quantitative estimate of drug-likeness (QED) is 0.822. The van der Waals surface area contributed by atoms with Crippen molar-refractivity contribution in [2.24, 2.45) is 5.92 Å². The van der Waals surface area contributed by atoms with Gasteiger partial charge in [0.05, 0.1) is 17.6 Å². The van der Waals surface area contributed by atoms with Crippen LogP contribution in [-0.4, -0.2) is 49.4 Å². The highest BCUT2D eigenvalue weighted by molar-refractivity contribution is 5.68. The molecule has 1 saturated heterocycles. The summed E-state index contributed by atoms with van der Waals surface area (Å²) in [4.78, 5) is 23.3. The molecule has 0 aromatic carbocycles. The number of hydrogen-bond donors (Lipinski definition) is 0. The lowest BCUT2D eigenvalue weighted by Crippen LogP contribution is -2.43. The molecule has 0 unspecified atom stereocenters. The number of piperidine rings is 1. The van der Waals surface area contributed by atoms with Crippen molar-refractivity contribution in [2.75, 3.05) is 13.1 Å². The fraction of sp³-hybridized carbons (Fsp3) is 0.600. The zero-order valence-electron chi connectivity index (χ0n) is 16.7. The molecule has 0 aliphatic carbocycles. The Hall–Kier alpha value is -2.44. The summed E-state index contributed by atoms with van der Waals surface area (Å²) >= 11 is 0. The van der Waals surface area contributed by atoms with Gasteiger partial charge in [-0.2, -0.15) is 5.10 Å². The Kier molecular flexibility index (Phi) is 5.77. The predicted molar refractivity (Wildman–Crippen MR) is 103 cm³/mol. The third-order valence-electron chi connectivity index (χ3n) is 4.66. The van der Waals surface area contributed by atoms with Crippen LogP contribution in [0.4, 0.5) is 4.79 Å². The summed E-state index contributed by atoms with van der Waals surface area (Å²) in [5, 5.41) is 4.35. The number of carbonyl (C=O) groups excluding carboxylic acids is 1. The van der Waals surface area contributed by atoms with Gasteiger partial charge in [0, 0.05) is 43.8 Å². The van der Waals surface area contributed by atoms with Gasteiger partial charge in [-0.15, -0.1) is 0 Å². The maximum absolute atomic E-state index is 12.4. The fourth-order valence-electron chi connectivity index (χ4n) is 3.41. The van der Waals surface area contributed by atoms with Crippen LogP contribution in [0.5, 0.6) is 0 Å². The summed E-state index contributed by atoms with van der Waals surface area (Å²) < 4.78 is 7.42. The molecule has 1 amide bonds. The van der Waals surface area contributed by atoms with Gasteiger partial charge >= 0.3 is 6.09 Å². The minimum absolute atomic E-state index is 0.226. The minimum atomic E-state index is -0.471. The molecule has 0 spiro atoms. The van der Waals surface area contributed by atoms with Crippen LogP contribution in [0.1, 0.15) is 46.2 Å². The molecule has 0 bridgehead atoms. The van der Waals surface area contributed by atoms with E-state index in [2.05, 4.69) is 22.0 Å². The van der Waals surface area contributed by atoms with Crippen molar-refractivity contribution in [3.05, 3.63) is 30.5 Å². The van der Waals surface area contributed by atoms with Crippen LogP contribution >= 0.6 is 0 Å². The van der Waals surface area contributed by atoms with Crippen LogP contribution in [0.2, 0.25) is 0 Å². The number of nitrogens with zero attached hydrogens (tertiary/aromatic N) is 5. The number of aromatic nitrogens is 4. The zero-order valence-corrected chi connectivity index (χ0v) is 16.7. The van der Waals surface area contributed by atoms with Crippen molar-refractivity contribution in [2.45, 2.75) is 59.1 Å². The zero-order chi connectivity index (χ0) is 19.4. The topological polar surface area (TPSA) is 73.1 Å². The summed E-state index contributed by atoms with van der Waals surface area (Å²) in [5.41, 5.74) is 2.36. The van der Waals surface area contributed by atoms with Crippen LogP contribution in [0.15, 0.2) is 24.8 Å². The third-order valence-corrected chi connectivity index (χ3v) is 4.66. The lowest BCUT2D eigenvalue weighted by Gasteiger charge is -2.34. The highest BCUT2D eigenvalue weighted by atomic mass is 16.6. The van der Waals surface area contributed by atoms with Crippen LogP contribution in [0.25, 0.3) is 11.3 Å². The first-order chi connectivity index (χ1) is 12.9. The first kappa shape index (κ1) is 19.3. The summed E-state index contributed by atoms with van der Waals surface area (Å²) in [7, 11) is 0. The molecular formula is C20H29N5O2. The highest BCUT2D eigenvalue weighted by Gasteiger charge is 2.28. The number of likely N-dealkylation sites (tertiary alicyclic amines) is 1. The summed E-state index contributed by atoms with van der Waals surface area (Å²) in [5.74, 6) is 0.350. The third kappa shape index (κ3) is 5.05. The number of hydrogen-bond acceptors (Lipinski definition) is 5. The van der Waals surface area contributed by atoms with Crippen LogP contribution in [0.3, 0.4) is 0 Å². The minimum Gasteiger partial charge on any atom is -0.444 e. The standard InChI is InChI=1S/C20H29N5O2/c1-5-25-14-16(12-23-25)18-17(21-8-9-22-18)11-15-7-6-10-24(13-15)19(26)27-20(2,3)4/h8-9,12,14-15H,5-7,10-11,13H2,1-4H3/t15-/m0/s1. The Labute approximate surface area is 160 Å². The van der Waals surface area contributed by atoms with E-state index in [0.717, 1.165) is 49.3 Å². The molecule has 2 aromatic rings. The molecule has 7 nitrogen and oxygen atoms in total. The lowest BCUT2D eigenvalue weighted by atomic mass is 9.92. The summed E-state index contributed by atoms with van der Waals surface area (Å²) in [6, 6.07) is 0. The number of rotatable bonds is 4. The average Bonchev–Trinajstić information content (AvgIpc) is 3.10. The van der Waals surface area contributed by atoms with Crippen LogP contribution < -0.4 is 0 Å². The monoisotopic (exact) mass is 371 g/mol. The van der Waals surface area contributed by atoms with Crippen molar-refractivity contribution in [3.8, 4) is 11.3 Å². The molecule has 3 heterocycles. The molecule has 0 radical (unpaired) electrons. The van der Waals surface area contributed by atoms with Crippen LogP contribution in [0, 0.1) is 5.92 Å². The smallest absolute Gasteiger partial charge is 0.410 e. The average molecular weight is 371 g/mol. The fourth-order valence-corrected chi connectivity index (χ4v) is 3.41. The molecule has 0 saturated carbocycles. The SMILES string of the molecule is CCn1cc(-c2nccnc2C[C@@H]2CCCN(C(=O)OC(C)(C)C)C2)cn1. The van der Waals surface area contributed by atoms with Crippen molar-refractivity contribution in [1.82, 2.24) is 24.6 Å². The molecule has 27 heavy (non-hydrogen) atoms. The van der Waals surface area contributed by atoms with Gasteiger partial charge in [0.15, 0.2) is 0 Å². The normalized spacial score (nSPS) is 17.8. The predicted octanol–water partition coefficient (Wildman–Crippen LogP) is 3.55. The molecule has 1 fully saturated rings. The van der Waals surface area contributed by atoms with Gasteiger partial charge in [0.2, 0.25) is 0 Å². The van der Waals surface area contributed by atoms with Gasteiger partial charge in [-0.05, 0) is 52.9 Å². The Morgan fingerprint density at radius 1 is 1.30 bits per heavy atom. The van der Waals surface area contributed by atoms with E-state index in [4.69, 9.17) is 4.74 Å². The Morgan fingerprint density at radius 3 is 2.78 bits per heavy atom. The van der Waals surface area contributed by atoms with Crippen molar-refractivity contribution in [3.63, 3.8) is 0 Å². The van der Waals surface area contributed by atoms with Gasteiger partial charge < -0.3 is 9.64 Å². The molecule has 3 rings (SSSR count). The molecular weight excluding hydrogens is 342 g/mol. The van der Waals surface area contributed by atoms with E-state index < -0.39 is 5.60 Å². The molecule has 1 aliphatic rings. The summed E-state index contributed by atoms with van der Waals surface area (Å²) in [6.45, 7) is 10.0. The number of ether oxygens (including phenoxy) is 1.